The van der Waals surface area contributed by atoms with Crippen LogP contribution in [0.2, 0.25) is 0 Å². The van der Waals surface area contributed by atoms with Gasteiger partial charge in [0.25, 0.3) is 11.6 Å². The van der Waals surface area contributed by atoms with E-state index < -0.39 is 22.3 Å². The maximum atomic E-state index is 13.2. The Kier molecular flexibility index (Phi) is 5.32. The number of pyridine rings is 1. The van der Waals surface area contributed by atoms with Crippen LogP contribution in [0.1, 0.15) is 15.9 Å². The Morgan fingerprint density at radius 3 is 2.78 bits per heavy atom. The van der Waals surface area contributed by atoms with Crippen molar-refractivity contribution >= 4 is 11.6 Å². The minimum absolute atomic E-state index is 0.0116. The quantitative estimate of drug-likeness (QED) is 0.646. The molecule has 23 heavy (non-hydrogen) atoms. The second-order valence-electron chi connectivity index (χ2n) is 4.73. The average Bonchev–Trinajstić information content (AvgIpc) is 2.54. The van der Waals surface area contributed by atoms with Gasteiger partial charge < -0.3 is 10.0 Å². The van der Waals surface area contributed by atoms with Gasteiger partial charge in [0.05, 0.1) is 17.6 Å². The highest BCUT2D eigenvalue weighted by Crippen LogP contribution is 2.22. The van der Waals surface area contributed by atoms with Gasteiger partial charge in [-0.15, -0.1) is 0 Å². The highest BCUT2D eigenvalue weighted by atomic mass is 19.1. The predicted molar refractivity (Wildman–Crippen MR) is 79.1 cm³/mol. The lowest BCUT2D eigenvalue weighted by atomic mass is 10.1. The van der Waals surface area contributed by atoms with Crippen LogP contribution >= 0.6 is 0 Å². The number of hydrogen-bond donors (Lipinski definition) is 1. The molecule has 0 atom stereocenters. The van der Waals surface area contributed by atoms with Gasteiger partial charge in [-0.2, -0.15) is 0 Å². The average molecular weight is 319 g/mol. The molecule has 0 saturated carbocycles. The number of aliphatic hydroxyl groups excluding tert-OH is 1. The number of nitro benzene ring substituents is 1. The molecule has 1 heterocycles. The highest BCUT2D eigenvalue weighted by Gasteiger charge is 2.25. The molecule has 0 bridgehead atoms. The molecule has 2 aromatic rings. The molecule has 0 unspecified atom stereocenters. The number of nitrogens with zero attached hydrogens (tertiary/aromatic N) is 3. The normalized spacial score (nSPS) is 10.3. The van der Waals surface area contributed by atoms with Crippen LogP contribution in [0.15, 0.2) is 42.7 Å². The van der Waals surface area contributed by atoms with Crippen LogP contribution in [0.3, 0.4) is 0 Å². The topological polar surface area (TPSA) is 96.6 Å². The molecule has 2 rings (SSSR count). The first-order valence-corrected chi connectivity index (χ1v) is 6.76. The Bertz CT molecular complexity index is 709. The van der Waals surface area contributed by atoms with Crippen molar-refractivity contribution in [2.75, 3.05) is 13.2 Å². The van der Waals surface area contributed by atoms with E-state index in [1.54, 1.807) is 24.5 Å². The van der Waals surface area contributed by atoms with Gasteiger partial charge in [0.2, 0.25) is 0 Å². The van der Waals surface area contributed by atoms with Crippen molar-refractivity contribution in [2.24, 2.45) is 0 Å². The monoisotopic (exact) mass is 319 g/mol. The molecule has 0 saturated heterocycles. The van der Waals surface area contributed by atoms with Crippen LogP contribution in [0.25, 0.3) is 0 Å². The molecule has 0 spiro atoms. The van der Waals surface area contributed by atoms with Crippen molar-refractivity contribution in [1.82, 2.24) is 9.88 Å². The maximum Gasteiger partial charge on any atom is 0.285 e. The lowest BCUT2D eigenvalue weighted by Gasteiger charge is -2.21. The predicted octanol–water partition coefficient (Wildman–Crippen LogP) is 1.76. The molecule has 1 N–H and O–H groups in total. The number of hydrogen-bond acceptors (Lipinski definition) is 5. The summed E-state index contributed by atoms with van der Waals surface area (Å²) in [5, 5.41) is 20.2. The van der Waals surface area contributed by atoms with Crippen molar-refractivity contribution < 1.29 is 19.2 Å². The molecule has 1 amide bonds. The number of rotatable bonds is 6. The van der Waals surface area contributed by atoms with E-state index >= 15 is 0 Å². The minimum atomic E-state index is -0.808. The van der Waals surface area contributed by atoms with Crippen molar-refractivity contribution in [3.8, 4) is 0 Å². The van der Waals surface area contributed by atoms with E-state index in [0.29, 0.717) is 11.6 Å². The van der Waals surface area contributed by atoms with E-state index in [1.165, 1.54) is 4.90 Å². The van der Waals surface area contributed by atoms with E-state index in [2.05, 4.69) is 4.98 Å². The maximum absolute atomic E-state index is 13.2. The summed E-state index contributed by atoms with van der Waals surface area (Å²) in [6, 6.07) is 6.19. The summed E-state index contributed by atoms with van der Waals surface area (Å²) in [5.41, 5.74) is -0.128. The Labute approximate surface area is 131 Å². The summed E-state index contributed by atoms with van der Waals surface area (Å²) in [7, 11) is 0. The zero-order chi connectivity index (χ0) is 16.8. The van der Waals surface area contributed by atoms with Crippen molar-refractivity contribution in [2.45, 2.75) is 6.54 Å². The van der Waals surface area contributed by atoms with Crippen LogP contribution in [0.4, 0.5) is 10.1 Å². The van der Waals surface area contributed by atoms with Gasteiger partial charge in [-0.25, -0.2) is 4.39 Å². The van der Waals surface area contributed by atoms with Crippen LogP contribution in [-0.4, -0.2) is 39.0 Å². The fourth-order valence-electron chi connectivity index (χ4n) is 2.09. The number of carbonyl (C=O) groups excluding carboxylic acids is 1. The molecule has 0 aliphatic rings. The fraction of sp³-hybridized carbons (Fsp3) is 0.200. The van der Waals surface area contributed by atoms with Gasteiger partial charge >= 0.3 is 0 Å². The van der Waals surface area contributed by atoms with E-state index in [1.807, 2.05) is 0 Å². The zero-order valence-electron chi connectivity index (χ0n) is 12.1. The second-order valence-corrected chi connectivity index (χ2v) is 4.73. The molecule has 1 aromatic carbocycles. The SMILES string of the molecule is O=C(c1ccc(F)cc1[N+](=O)[O-])N(CCO)Cc1cccnc1. The van der Waals surface area contributed by atoms with Gasteiger partial charge in [-0.1, -0.05) is 6.07 Å². The van der Waals surface area contributed by atoms with Crippen molar-refractivity contribution in [3.05, 3.63) is 69.8 Å². The first-order chi connectivity index (χ1) is 11.0. The van der Waals surface area contributed by atoms with E-state index in [9.17, 15) is 19.3 Å². The largest absolute Gasteiger partial charge is 0.395 e. The van der Waals surface area contributed by atoms with E-state index in [0.717, 1.165) is 12.1 Å². The Balaban J connectivity index is 2.33. The van der Waals surface area contributed by atoms with E-state index in [-0.39, 0.29) is 25.3 Å². The molecule has 0 fully saturated rings. The fourth-order valence-corrected chi connectivity index (χ4v) is 2.09. The molecular weight excluding hydrogens is 305 g/mol. The molecule has 120 valence electrons. The summed E-state index contributed by atoms with van der Waals surface area (Å²) in [6.07, 6.45) is 3.13. The Hall–Kier alpha value is -2.87. The number of aliphatic hydroxyl groups is 1. The van der Waals surface area contributed by atoms with Crippen LogP contribution in [0.5, 0.6) is 0 Å². The number of halogens is 1. The lowest BCUT2D eigenvalue weighted by Crippen LogP contribution is -2.33. The van der Waals surface area contributed by atoms with Gasteiger partial charge in [0.1, 0.15) is 11.4 Å². The number of amides is 1. The standard InChI is InChI=1S/C15H14FN3O4/c16-12-3-4-13(14(8-12)19(22)23)15(21)18(6-7-20)10-11-2-1-5-17-9-11/h1-5,8-9,20H,6-7,10H2. The first-order valence-electron chi connectivity index (χ1n) is 6.76. The highest BCUT2D eigenvalue weighted by molar-refractivity contribution is 5.98. The van der Waals surface area contributed by atoms with Gasteiger partial charge in [-0.3, -0.25) is 19.9 Å². The van der Waals surface area contributed by atoms with Gasteiger partial charge in [0.15, 0.2) is 0 Å². The summed E-state index contributed by atoms with van der Waals surface area (Å²) in [5.74, 6) is -1.45. The third kappa shape index (κ3) is 4.07. The van der Waals surface area contributed by atoms with Gasteiger partial charge in [-0.05, 0) is 23.8 Å². The molecular formula is C15H14FN3O4. The summed E-state index contributed by atoms with van der Waals surface area (Å²) < 4.78 is 13.2. The third-order valence-corrected chi connectivity index (χ3v) is 3.14. The summed E-state index contributed by atoms with van der Waals surface area (Å²) in [6.45, 7) is -0.189. The number of carbonyl (C=O) groups is 1. The first kappa shape index (κ1) is 16.5. The molecule has 0 radical (unpaired) electrons. The number of benzene rings is 1. The molecule has 7 nitrogen and oxygen atoms in total. The van der Waals surface area contributed by atoms with E-state index in [4.69, 9.17) is 5.11 Å². The molecule has 0 aliphatic carbocycles. The second kappa shape index (κ2) is 7.41. The summed E-state index contributed by atoms with van der Waals surface area (Å²) >= 11 is 0. The van der Waals surface area contributed by atoms with Crippen LogP contribution in [0, 0.1) is 15.9 Å². The summed E-state index contributed by atoms with van der Waals surface area (Å²) in [4.78, 5) is 27.9. The van der Waals surface area contributed by atoms with Crippen molar-refractivity contribution in [1.29, 1.82) is 0 Å². The third-order valence-electron chi connectivity index (χ3n) is 3.14. The molecule has 8 heteroatoms. The van der Waals surface area contributed by atoms with Crippen LogP contribution in [-0.2, 0) is 6.54 Å². The number of nitro groups is 1. The van der Waals surface area contributed by atoms with Crippen LogP contribution < -0.4 is 0 Å². The lowest BCUT2D eigenvalue weighted by molar-refractivity contribution is -0.385. The zero-order valence-corrected chi connectivity index (χ0v) is 12.1. The van der Waals surface area contributed by atoms with Gasteiger partial charge in [0, 0.05) is 25.5 Å². The minimum Gasteiger partial charge on any atom is -0.395 e. The smallest absolute Gasteiger partial charge is 0.285 e. The Morgan fingerprint density at radius 1 is 1.39 bits per heavy atom. The Morgan fingerprint density at radius 2 is 2.17 bits per heavy atom. The van der Waals surface area contributed by atoms with Crippen molar-refractivity contribution in [3.63, 3.8) is 0 Å². The molecule has 1 aromatic heterocycles. The molecule has 0 aliphatic heterocycles. The number of aromatic nitrogens is 1.